The Morgan fingerprint density at radius 2 is 1.80 bits per heavy atom. The average molecular weight is 412 g/mol. The van der Waals surface area contributed by atoms with Crippen LogP contribution in [-0.4, -0.2) is 44.8 Å². The molecular formula is C23H33N5O2. The summed E-state index contributed by atoms with van der Waals surface area (Å²) in [5.41, 5.74) is 1.96. The molecule has 3 rings (SSSR count). The summed E-state index contributed by atoms with van der Waals surface area (Å²) < 4.78 is 10.7. The lowest BCUT2D eigenvalue weighted by Crippen LogP contribution is -2.30. The van der Waals surface area contributed by atoms with Gasteiger partial charge in [0.2, 0.25) is 0 Å². The van der Waals surface area contributed by atoms with Crippen molar-refractivity contribution in [2.75, 3.05) is 44.1 Å². The first-order chi connectivity index (χ1) is 14.7. The van der Waals surface area contributed by atoms with Crippen molar-refractivity contribution < 1.29 is 9.47 Å². The first-order valence-corrected chi connectivity index (χ1v) is 10.7. The molecule has 7 nitrogen and oxygen atoms in total. The highest BCUT2D eigenvalue weighted by Crippen LogP contribution is 2.29. The van der Waals surface area contributed by atoms with Crippen LogP contribution in [-0.2, 0) is 6.54 Å². The number of methoxy groups -OCH3 is 2. The molecule has 0 amide bonds. The molecule has 1 aliphatic heterocycles. The van der Waals surface area contributed by atoms with E-state index >= 15 is 0 Å². The zero-order valence-electron chi connectivity index (χ0n) is 18.3. The van der Waals surface area contributed by atoms with E-state index in [1.54, 1.807) is 14.2 Å². The zero-order chi connectivity index (χ0) is 21.2. The molecule has 1 aliphatic rings. The minimum atomic E-state index is 0.551. The lowest BCUT2D eigenvalue weighted by molar-refractivity contribution is 0.355. The van der Waals surface area contributed by atoms with Crippen LogP contribution < -0.4 is 25.0 Å². The summed E-state index contributed by atoms with van der Waals surface area (Å²) in [7, 11) is 3.26. The monoisotopic (exact) mass is 411 g/mol. The largest absolute Gasteiger partial charge is 0.493 e. The van der Waals surface area contributed by atoms with E-state index < -0.39 is 0 Å². The summed E-state index contributed by atoms with van der Waals surface area (Å²) in [6.07, 6.45) is 7.08. The molecule has 2 N–H and O–H groups in total. The third-order valence-corrected chi connectivity index (χ3v) is 5.15. The van der Waals surface area contributed by atoms with Crippen LogP contribution in [0.1, 0.15) is 38.2 Å². The van der Waals surface area contributed by atoms with Gasteiger partial charge in [0.15, 0.2) is 17.5 Å². The maximum atomic E-state index is 5.38. The van der Waals surface area contributed by atoms with Gasteiger partial charge in [-0.1, -0.05) is 18.9 Å². The van der Waals surface area contributed by atoms with Crippen LogP contribution in [0.2, 0.25) is 0 Å². The first-order valence-electron chi connectivity index (χ1n) is 10.7. The number of nitrogens with one attached hydrogen (secondary N) is 2. The molecule has 0 bridgehead atoms. The molecule has 0 radical (unpaired) electrons. The van der Waals surface area contributed by atoms with E-state index in [0.717, 1.165) is 36.7 Å². The molecule has 2 aromatic rings. The number of guanidine groups is 1. The van der Waals surface area contributed by atoms with Crippen molar-refractivity contribution in [2.45, 2.75) is 39.2 Å². The molecule has 1 aromatic carbocycles. The van der Waals surface area contributed by atoms with Crippen molar-refractivity contribution in [3.63, 3.8) is 0 Å². The van der Waals surface area contributed by atoms with Crippen molar-refractivity contribution in [1.82, 2.24) is 10.3 Å². The molecule has 1 fully saturated rings. The lowest BCUT2D eigenvalue weighted by Gasteiger charge is -2.21. The van der Waals surface area contributed by atoms with Crippen molar-refractivity contribution in [3.8, 4) is 11.5 Å². The summed E-state index contributed by atoms with van der Waals surface area (Å²) in [6, 6.07) is 9.94. The number of aromatic nitrogens is 1. The van der Waals surface area contributed by atoms with Crippen LogP contribution in [0.5, 0.6) is 11.5 Å². The van der Waals surface area contributed by atoms with Crippen molar-refractivity contribution in [1.29, 1.82) is 0 Å². The fraction of sp³-hybridized carbons (Fsp3) is 0.478. The number of pyridine rings is 1. The summed E-state index contributed by atoms with van der Waals surface area (Å²) in [4.78, 5) is 11.8. The molecule has 0 aliphatic carbocycles. The van der Waals surface area contributed by atoms with Gasteiger partial charge in [-0.05, 0) is 43.5 Å². The molecule has 0 saturated carbocycles. The van der Waals surface area contributed by atoms with Gasteiger partial charge >= 0.3 is 0 Å². The molecule has 30 heavy (non-hydrogen) atoms. The molecule has 1 saturated heterocycles. The second-order valence-corrected chi connectivity index (χ2v) is 7.32. The summed E-state index contributed by atoms with van der Waals surface area (Å²) in [5.74, 6) is 3.15. The quantitative estimate of drug-likeness (QED) is 0.529. The highest BCUT2D eigenvalue weighted by molar-refractivity contribution is 5.93. The van der Waals surface area contributed by atoms with Gasteiger partial charge in [-0.25, -0.2) is 9.98 Å². The van der Waals surface area contributed by atoms with Gasteiger partial charge in [0.25, 0.3) is 0 Å². The average Bonchev–Trinajstić information content (AvgIpc) is 3.07. The standard InChI is InChI=1S/C23H33N5O2/c1-4-24-23(27-19-10-11-20(29-2)21(15-19)30-3)26-17-18-9-12-22(25-16-18)28-13-7-5-6-8-14-28/h9-12,15-16H,4-8,13-14,17H2,1-3H3,(H2,24,26,27). The topological polar surface area (TPSA) is 71.0 Å². The number of aliphatic imine (C=N–C) groups is 1. The van der Waals surface area contributed by atoms with E-state index in [1.807, 2.05) is 31.3 Å². The van der Waals surface area contributed by atoms with E-state index in [2.05, 4.69) is 32.7 Å². The fourth-order valence-corrected chi connectivity index (χ4v) is 3.53. The SMILES string of the molecule is CCNC(=NCc1ccc(N2CCCCCC2)nc1)Nc1ccc(OC)c(OC)c1. The van der Waals surface area contributed by atoms with Gasteiger partial charge in [-0.15, -0.1) is 0 Å². The summed E-state index contributed by atoms with van der Waals surface area (Å²) >= 11 is 0. The smallest absolute Gasteiger partial charge is 0.196 e. The third-order valence-electron chi connectivity index (χ3n) is 5.15. The molecular weight excluding hydrogens is 378 g/mol. The Labute approximate surface area is 179 Å². The molecule has 162 valence electrons. The van der Waals surface area contributed by atoms with Crippen LogP contribution in [0.4, 0.5) is 11.5 Å². The van der Waals surface area contributed by atoms with E-state index in [0.29, 0.717) is 24.0 Å². The van der Waals surface area contributed by atoms with Crippen LogP contribution in [0.15, 0.2) is 41.5 Å². The Hall–Kier alpha value is -2.96. The highest BCUT2D eigenvalue weighted by Gasteiger charge is 2.11. The molecule has 0 spiro atoms. The molecule has 7 heteroatoms. The second kappa shape index (κ2) is 11.3. The van der Waals surface area contributed by atoms with Crippen molar-refractivity contribution in [3.05, 3.63) is 42.1 Å². The van der Waals surface area contributed by atoms with E-state index in [4.69, 9.17) is 14.5 Å². The first kappa shape index (κ1) is 21.7. The number of ether oxygens (including phenoxy) is 2. The minimum absolute atomic E-state index is 0.551. The molecule has 1 aromatic heterocycles. The number of nitrogens with zero attached hydrogens (tertiary/aromatic N) is 3. The van der Waals surface area contributed by atoms with Gasteiger partial charge in [0.05, 0.1) is 20.8 Å². The Kier molecular flexibility index (Phi) is 8.18. The van der Waals surface area contributed by atoms with Gasteiger partial charge in [0, 0.05) is 37.6 Å². The normalized spacial score (nSPS) is 14.8. The zero-order valence-corrected chi connectivity index (χ0v) is 18.3. The highest BCUT2D eigenvalue weighted by atomic mass is 16.5. The number of benzene rings is 1. The molecule has 0 atom stereocenters. The number of rotatable bonds is 7. The second-order valence-electron chi connectivity index (χ2n) is 7.32. The number of hydrogen-bond donors (Lipinski definition) is 2. The van der Waals surface area contributed by atoms with Crippen molar-refractivity contribution >= 4 is 17.5 Å². The fourth-order valence-electron chi connectivity index (χ4n) is 3.53. The maximum Gasteiger partial charge on any atom is 0.196 e. The van der Waals surface area contributed by atoms with Crippen molar-refractivity contribution in [2.24, 2.45) is 4.99 Å². The van der Waals surface area contributed by atoms with Crippen LogP contribution >= 0.6 is 0 Å². The van der Waals surface area contributed by atoms with Gasteiger partial charge in [-0.3, -0.25) is 0 Å². The van der Waals surface area contributed by atoms with E-state index in [1.165, 1.54) is 25.7 Å². The van der Waals surface area contributed by atoms with Crippen LogP contribution in [0, 0.1) is 0 Å². The van der Waals surface area contributed by atoms with Gasteiger partial charge < -0.3 is 25.0 Å². The van der Waals surface area contributed by atoms with E-state index in [-0.39, 0.29) is 0 Å². The predicted molar refractivity (Wildman–Crippen MR) is 123 cm³/mol. The maximum absolute atomic E-state index is 5.38. The Morgan fingerprint density at radius 1 is 1.03 bits per heavy atom. The predicted octanol–water partition coefficient (Wildman–Crippen LogP) is 4.06. The summed E-state index contributed by atoms with van der Waals surface area (Å²) in [5, 5.41) is 6.60. The number of anilines is 2. The lowest BCUT2D eigenvalue weighted by atomic mass is 10.2. The molecule has 0 unspecified atom stereocenters. The van der Waals surface area contributed by atoms with E-state index in [9.17, 15) is 0 Å². The van der Waals surface area contributed by atoms with Gasteiger partial charge in [0.1, 0.15) is 5.82 Å². The Morgan fingerprint density at radius 3 is 2.43 bits per heavy atom. The Balaban J connectivity index is 1.65. The number of hydrogen-bond acceptors (Lipinski definition) is 5. The van der Waals surface area contributed by atoms with Crippen LogP contribution in [0.3, 0.4) is 0 Å². The minimum Gasteiger partial charge on any atom is -0.493 e. The Bertz CT molecular complexity index is 815. The van der Waals surface area contributed by atoms with Gasteiger partial charge in [-0.2, -0.15) is 0 Å². The summed E-state index contributed by atoms with van der Waals surface area (Å²) in [6.45, 7) is 5.57. The third kappa shape index (κ3) is 6.02. The molecule has 2 heterocycles. The van der Waals surface area contributed by atoms with Crippen LogP contribution in [0.25, 0.3) is 0 Å².